The summed E-state index contributed by atoms with van der Waals surface area (Å²) >= 11 is 0. The van der Waals surface area contributed by atoms with E-state index in [1.807, 2.05) is 0 Å². The number of aliphatic hydroxyl groups is 1. The Morgan fingerprint density at radius 1 is 0.610 bits per heavy atom. The number of hydrogen-bond donors (Lipinski definition) is 1. The summed E-state index contributed by atoms with van der Waals surface area (Å²) in [6.45, 7) is 21.0. The molecular weight excluding hydrogens is 559 g/mol. The van der Waals surface area contributed by atoms with Crippen LogP contribution in [0.4, 0.5) is 0 Å². The third-order valence-corrected chi connectivity index (χ3v) is 17.9. The number of aliphatic hydroxyl groups excluding tert-OH is 1. The van der Waals surface area contributed by atoms with Gasteiger partial charge in [0.15, 0.2) is 16.6 Å². The molecule has 8 heteroatoms. The Balaban J connectivity index is 3.76. The van der Waals surface area contributed by atoms with Crippen LogP contribution >= 0.6 is 0 Å². The standard InChI is InChI=1S/C33H76NO4Si3/c1-11-12-13-14-15-16-17-18-19-20-21-22-23-24-25-26-28-34(2,3)31-33(35)32-36-29-27-30-40(7,8)38-41(9,10)37-39(4,5)6/h33,35H,11-32H2,1-10H3/q+1. The predicted octanol–water partition coefficient (Wildman–Crippen LogP) is 9.87. The highest BCUT2D eigenvalue weighted by Crippen LogP contribution is 2.24. The fourth-order valence-corrected chi connectivity index (χ4v) is 19.3. The summed E-state index contributed by atoms with van der Waals surface area (Å²) < 4.78 is 19.7. The molecule has 1 atom stereocenters. The lowest BCUT2D eigenvalue weighted by Crippen LogP contribution is -2.51. The van der Waals surface area contributed by atoms with Crippen molar-refractivity contribution in [3.63, 3.8) is 0 Å². The average molecular weight is 635 g/mol. The van der Waals surface area contributed by atoms with Crippen molar-refractivity contribution in [2.75, 3.05) is 40.4 Å². The van der Waals surface area contributed by atoms with Gasteiger partial charge in [0, 0.05) is 6.61 Å². The fraction of sp³-hybridized carbons (Fsp3) is 1.00. The first-order valence-electron chi connectivity index (χ1n) is 17.6. The summed E-state index contributed by atoms with van der Waals surface area (Å²) in [6, 6.07) is 1.06. The van der Waals surface area contributed by atoms with Crippen molar-refractivity contribution in [2.45, 2.75) is 174 Å². The van der Waals surface area contributed by atoms with Gasteiger partial charge >= 0.3 is 8.56 Å². The van der Waals surface area contributed by atoms with Gasteiger partial charge < -0.3 is 22.6 Å². The second-order valence-electron chi connectivity index (χ2n) is 15.5. The first-order valence-corrected chi connectivity index (χ1v) is 26.9. The second-order valence-corrected chi connectivity index (χ2v) is 28.1. The number of unbranched alkanes of at least 4 members (excludes halogenated alkanes) is 15. The number of ether oxygens (including phenoxy) is 1. The first kappa shape index (κ1) is 41.5. The van der Waals surface area contributed by atoms with Gasteiger partial charge in [-0.2, -0.15) is 0 Å². The molecule has 1 unspecified atom stereocenters. The minimum atomic E-state index is -2.08. The molecular formula is C33H76NO4Si3+. The first-order chi connectivity index (χ1) is 19.1. The molecule has 0 aliphatic rings. The molecule has 0 aliphatic heterocycles. The molecule has 0 aromatic carbocycles. The van der Waals surface area contributed by atoms with E-state index >= 15 is 0 Å². The minimum Gasteiger partial charge on any atom is -0.437 e. The molecule has 0 aromatic heterocycles. The van der Waals surface area contributed by atoms with Crippen LogP contribution in [-0.2, 0) is 13.0 Å². The second kappa shape index (κ2) is 22.9. The molecule has 0 spiro atoms. The number of quaternary nitrogens is 1. The zero-order valence-electron chi connectivity index (χ0n) is 29.8. The maximum atomic E-state index is 10.6. The smallest absolute Gasteiger partial charge is 0.311 e. The van der Waals surface area contributed by atoms with Crippen LogP contribution in [0.5, 0.6) is 0 Å². The predicted molar refractivity (Wildman–Crippen MR) is 188 cm³/mol. The van der Waals surface area contributed by atoms with Gasteiger partial charge in [-0.05, 0) is 71.1 Å². The molecule has 0 radical (unpaired) electrons. The maximum absolute atomic E-state index is 10.6. The van der Waals surface area contributed by atoms with Gasteiger partial charge in [0.1, 0.15) is 12.6 Å². The molecule has 41 heavy (non-hydrogen) atoms. The van der Waals surface area contributed by atoms with E-state index in [0.717, 1.165) is 30.0 Å². The molecule has 0 amide bonds. The number of likely N-dealkylation sites (N-methyl/N-ethyl adjacent to an activating group) is 1. The van der Waals surface area contributed by atoms with Crippen molar-refractivity contribution in [3.8, 4) is 0 Å². The van der Waals surface area contributed by atoms with Crippen molar-refractivity contribution in [1.82, 2.24) is 0 Å². The van der Waals surface area contributed by atoms with Gasteiger partial charge in [0.2, 0.25) is 0 Å². The normalized spacial score (nSPS) is 14.1. The van der Waals surface area contributed by atoms with Crippen molar-refractivity contribution in [2.24, 2.45) is 0 Å². The molecule has 5 nitrogen and oxygen atoms in total. The SMILES string of the molecule is CCCCCCCCCCCCCCCCCC[N+](C)(C)CC(O)COCCC[Si](C)(C)O[Si](C)(C)O[Si](C)(C)C. The van der Waals surface area contributed by atoms with Gasteiger partial charge in [0.25, 0.3) is 0 Å². The fourth-order valence-electron chi connectivity index (χ4n) is 6.10. The molecule has 0 fully saturated rings. The summed E-state index contributed by atoms with van der Waals surface area (Å²) in [5, 5.41) is 10.6. The Hall–Kier alpha value is 0.451. The van der Waals surface area contributed by atoms with E-state index in [9.17, 15) is 5.11 Å². The quantitative estimate of drug-likeness (QED) is 0.0505. The molecule has 0 saturated heterocycles. The van der Waals surface area contributed by atoms with Crippen LogP contribution in [0, 0.1) is 0 Å². The Bertz CT molecular complexity index is 612. The zero-order valence-corrected chi connectivity index (χ0v) is 32.8. The lowest BCUT2D eigenvalue weighted by Gasteiger charge is -2.37. The zero-order chi connectivity index (χ0) is 31.3. The van der Waals surface area contributed by atoms with E-state index < -0.39 is 31.3 Å². The molecule has 0 saturated carbocycles. The summed E-state index contributed by atoms with van der Waals surface area (Å²) in [6.07, 6.45) is 23.1. The van der Waals surface area contributed by atoms with Crippen LogP contribution < -0.4 is 0 Å². The summed E-state index contributed by atoms with van der Waals surface area (Å²) in [7, 11) is -0.968. The van der Waals surface area contributed by atoms with Gasteiger partial charge in [-0.3, -0.25) is 0 Å². The molecule has 0 rings (SSSR count). The highest BCUT2D eigenvalue weighted by atomic mass is 28.5. The minimum absolute atomic E-state index is 0.399. The lowest BCUT2D eigenvalue weighted by atomic mass is 10.0. The summed E-state index contributed by atoms with van der Waals surface area (Å²) in [5.74, 6) is 0. The Morgan fingerprint density at radius 2 is 1.05 bits per heavy atom. The van der Waals surface area contributed by atoms with Gasteiger partial charge in [-0.15, -0.1) is 0 Å². The third-order valence-electron chi connectivity index (χ3n) is 7.77. The lowest BCUT2D eigenvalue weighted by molar-refractivity contribution is -0.893. The molecule has 1 N–H and O–H groups in total. The summed E-state index contributed by atoms with van der Waals surface area (Å²) in [4.78, 5) is 0. The van der Waals surface area contributed by atoms with Crippen LogP contribution in [0.2, 0.25) is 51.9 Å². The van der Waals surface area contributed by atoms with Gasteiger partial charge in [-0.1, -0.05) is 96.8 Å². The number of nitrogens with zero attached hydrogens (tertiary/aromatic N) is 1. The van der Waals surface area contributed by atoms with Crippen LogP contribution in [0.15, 0.2) is 0 Å². The van der Waals surface area contributed by atoms with Crippen molar-refractivity contribution in [1.29, 1.82) is 0 Å². The van der Waals surface area contributed by atoms with E-state index in [4.69, 9.17) is 13.0 Å². The highest BCUT2D eigenvalue weighted by Gasteiger charge is 2.37. The van der Waals surface area contributed by atoms with Gasteiger partial charge in [0.05, 0.1) is 27.2 Å². The van der Waals surface area contributed by atoms with Crippen LogP contribution in [0.3, 0.4) is 0 Å². The van der Waals surface area contributed by atoms with Crippen molar-refractivity contribution in [3.05, 3.63) is 0 Å². The topological polar surface area (TPSA) is 47.9 Å². The van der Waals surface area contributed by atoms with E-state index in [1.54, 1.807) is 0 Å². The Labute approximate surface area is 261 Å². The van der Waals surface area contributed by atoms with Crippen LogP contribution in [0.25, 0.3) is 0 Å². The van der Waals surface area contributed by atoms with Crippen LogP contribution in [0.1, 0.15) is 116 Å². The molecule has 0 aliphatic carbocycles. The number of rotatable bonds is 29. The van der Waals surface area contributed by atoms with Crippen molar-refractivity contribution < 1.29 is 22.6 Å². The van der Waals surface area contributed by atoms with E-state index in [1.165, 1.54) is 103 Å². The van der Waals surface area contributed by atoms with E-state index in [0.29, 0.717) is 13.2 Å². The molecule has 0 bridgehead atoms. The maximum Gasteiger partial charge on any atom is 0.311 e. The average Bonchev–Trinajstić information content (AvgIpc) is 2.80. The molecule has 0 heterocycles. The Morgan fingerprint density at radius 3 is 1.49 bits per heavy atom. The molecule has 248 valence electrons. The number of hydrogen-bond acceptors (Lipinski definition) is 4. The van der Waals surface area contributed by atoms with Crippen LogP contribution in [-0.4, -0.2) is 81.3 Å². The van der Waals surface area contributed by atoms with E-state index in [-0.39, 0.29) is 0 Å². The largest absolute Gasteiger partial charge is 0.437 e. The Kier molecular flexibility index (Phi) is 23.1. The molecule has 0 aromatic rings. The van der Waals surface area contributed by atoms with E-state index in [2.05, 4.69) is 66.8 Å². The van der Waals surface area contributed by atoms with Gasteiger partial charge in [-0.25, -0.2) is 0 Å². The van der Waals surface area contributed by atoms with Crippen molar-refractivity contribution >= 4 is 25.2 Å². The third kappa shape index (κ3) is 29.0. The highest BCUT2D eigenvalue weighted by molar-refractivity contribution is 6.87. The summed E-state index contributed by atoms with van der Waals surface area (Å²) in [5.41, 5.74) is 0. The monoisotopic (exact) mass is 635 g/mol.